The molecule has 2 aromatic rings. The van der Waals surface area contributed by atoms with Crippen molar-refractivity contribution >= 4 is 11.7 Å². The van der Waals surface area contributed by atoms with Crippen molar-refractivity contribution in [1.82, 2.24) is 26.1 Å². The molecule has 3 unspecified atom stereocenters. The molecule has 4 atom stereocenters. The van der Waals surface area contributed by atoms with E-state index >= 15 is 0 Å². The largest absolute Gasteiger partial charge is 0.494 e. The number of nitrogens with one attached hydrogen (secondary N) is 3. The number of carbonyl (C=O) groups excluding carboxylic acids is 1. The van der Waals surface area contributed by atoms with Gasteiger partial charge in [-0.3, -0.25) is 10.2 Å². The second kappa shape index (κ2) is 11.0. The van der Waals surface area contributed by atoms with Crippen molar-refractivity contribution in [3.63, 3.8) is 0 Å². The van der Waals surface area contributed by atoms with Gasteiger partial charge in [0, 0.05) is 25.2 Å². The number of amides is 1. The molecule has 0 aliphatic carbocycles. The number of hydrazine groups is 1. The van der Waals surface area contributed by atoms with Gasteiger partial charge in [0.1, 0.15) is 17.8 Å². The molecule has 190 valence electrons. The fraction of sp³-hybridized carbons (Fsp3) is 0.429. The number of unbranched alkanes of at least 4 members (excludes halogenated alkanes) is 1. The lowest BCUT2D eigenvalue weighted by Crippen LogP contribution is -2.54. The van der Waals surface area contributed by atoms with Gasteiger partial charge in [-0.2, -0.15) is 5.10 Å². The van der Waals surface area contributed by atoms with Gasteiger partial charge in [-0.15, -0.1) is 0 Å². The third-order valence-electron chi connectivity index (χ3n) is 7.12. The Morgan fingerprint density at radius 3 is 2.75 bits per heavy atom. The van der Waals surface area contributed by atoms with Crippen LogP contribution in [-0.4, -0.2) is 40.5 Å². The van der Waals surface area contributed by atoms with Gasteiger partial charge in [-0.25, -0.2) is 5.43 Å². The fourth-order valence-corrected chi connectivity index (χ4v) is 5.02. The number of hydrogen-bond donors (Lipinski definition) is 3. The van der Waals surface area contributed by atoms with Crippen LogP contribution in [0.3, 0.4) is 0 Å². The maximum absolute atomic E-state index is 12.6. The summed E-state index contributed by atoms with van der Waals surface area (Å²) in [5, 5.41) is 9.86. The lowest BCUT2D eigenvalue weighted by atomic mass is 9.99. The summed E-state index contributed by atoms with van der Waals surface area (Å²) in [5.74, 6) is 1.85. The summed E-state index contributed by atoms with van der Waals surface area (Å²) in [6.45, 7) is 4.94. The molecule has 36 heavy (non-hydrogen) atoms. The van der Waals surface area contributed by atoms with Gasteiger partial charge in [0.2, 0.25) is 5.91 Å². The summed E-state index contributed by atoms with van der Waals surface area (Å²) in [7, 11) is 0. The maximum Gasteiger partial charge on any atom is 0.220 e. The lowest BCUT2D eigenvalue weighted by Gasteiger charge is -2.37. The van der Waals surface area contributed by atoms with Crippen molar-refractivity contribution in [2.24, 2.45) is 5.10 Å². The molecule has 8 heteroatoms. The van der Waals surface area contributed by atoms with Gasteiger partial charge in [0.25, 0.3) is 0 Å². The molecule has 3 aliphatic rings. The molecule has 3 heterocycles. The molecule has 5 rings (SSSR count). The van der Waals surface area contributed by atoms with E-state index in [2.05, 4.69) is 68.6 Å². The summed E-state index contributed by atoms with van der Waals surface area (Å²) < 4.78 is 5.81. The summed E-state index contributed by atoms with van der Waals surface area (Å²) in [5.41, 5.74) is 9.28. The number of ether oxygens (including phenoxy) is 1. The first-order chi connectivity index (χ1) is 17.6. The molecule has 1 saturated heterocycles. The first-order valence-corrected chi connectivity index (χ1v) is 13.0. The smallest absolute Gasteiger partial charge is 0.220 e. The first kappa shape index (κ1) is 24.2. The standard InChI is InChI=1S/C28H36N6O2/c1-3-4-18-36-23-12-10-22(11-13-23)24-19-25-28-31-30-26(33(28)16-17-34(25)32-24)14-15-27(35)29-20(2)21-8-6-5-7-9-21/h5-13,16-17,20,24-25,28,31-32H,3-4,14-15,18-19H2,1-2H3,(H,29,35)/t20-,24?,25?,28?/m0/s1. The number of benzene rings is 2. The van der Waals surface area contributed by atoms with Gasteiger partial charge in [-0.05, 0) is 43.0 Å². The molecule has 0 aromatic heterocycles. The van der Waals surface area contributed by atoms with E-state index < -0.39 is 0 Å². The molecule has 3 aliphatic heterocycles. The number of rotatable bonds is 10. The van der Waals surface area contributed by atoms with Crippen molar-refractivity contribution in [2.75, 3.05) is 6.61 Å². The Hall–Kier alpha value is -3.52. The molecule has 0 spiro atoms. The Bertz CT molecular complexity index is 1090. The molecular weight excluding hydrogens is 452 g/mol. The molecular formula is C28H36N6O2. The third kappa shape index (κ3) is 5.33. The van der Waals surface area contributed by atoms with E-state index in [9.17, 15) is 4.79 Å². The van der Waals surface area contributed by atoms with Crippen LogP contribution >= 0.6 is 0 Å². The van der Waals surface area contributed by atoms with E-state index in [1.807, 2.05) is 43.5 Å². The van der Waals surface area contributed by atoms with E-state index in [-0.39, 0.29) is 30.2 Å². The van der Waals surface area contributed by atoms with E-state index in [4.69, 9.17) is 4.74 Å². The molecule has 1 fully saturated rings. The Balaban J connectivity index is 1.12. The van der Waals surface area contributed by atoms with Crippen LogP contribution in [0.25, 0.3) is 0 Å². The Morgan fingerprint density at radius 2 is 1.97 bits per heavy atom. The van der Waals surface area contributed by atoms with Crippen LogP contribution in [0, 0.1) is 0 Å². The highest BCUT2D eigenvalue weighted by Crippen LogP contribution is 2.34. The van der Waals surface area contributed by atoms with Crippen molar-refractivity contribution in [3.05, 3.63) is 78.1 Å². The second-order valence-corrected chi connectivity index (χ2v) is 9.67. The van der Waals surface area contributed by atoms with Crippen LogP contribution in [0.2, 0.25) is 0 Å². The number of carbonyl (C=O) groups is 1. The number of fused-ring (bicyclic) bond motifs is 3. The average molecular weight is 489 g/mol. The number of hydrogen-bond acceptors (Lipinski definition) is 7. The van der Waals surface area contributed by atoms with Crippen molar-refractivity contribution in [3.8, 4) is 5.75 Å². The van der Waals surface area contributed by atoms with Gasteiger partial charge in [0.15, 0.2) is 0 Å². The quantitative estimate of drug-likeness (QED) is 0.436. The van der Waals surface area contributed by atoms with Crippen LogP contribution in [0.1, 0.15) is 69.2 Å². The van der Waals surface area contributed by atoms with Crippen LogP contribution in [0.4, 0.5) is 0 Å². The SMILES string of the molecule is CCCCOc1ccc(C2CC3C4NN=C(CCC(=O)N[C@@H](C)c5ccccc5)N4C=CN3N2)cc1. The zero-order valence-corrected chi connectivity index (χ0v) is 21.1. The number of hydrazone groups is 1. The van der Waals surface area contributed by atoms with Gasteiger partial charge in [-0.1, -0.05) is 55.8 Å². The van der Waals surface area contributed by atoms with E-state index in [1.165, 1.54) is 5.56 Å². The maximum atomic E-state index is 12.6. The summed E-state index contributed by atoms with van der Waals surface area (Å²) in [4.78, 5) is 14.7. The van der Waals surface area contributed by atoms with E-state index in [0.29, 0.717) is 12.8 Å². The van der Waals surface area contributed by atoms with Crippen LogP contribution in [0.5, 0.6) is 5.75 Å². The monoisotopic (exact) mass is 488 g/mol. The molecule has 8 nitrogen and oxygen atoms in total. The summed E-state index contributed by atoms with van der Waals surface area (Å²) in [6.07, 6.45) is 8.31. The highest BCUT2D eigenvalue weighted by molar-refractivity contribution is 5.89. The Kier molecular flexibility index (Phi) is 7.41. The first-order valence-electron chi connectivity index (χ1n) is 13.0. The number of amidine groups is 1. The summed E-state index contributed by atoms with van der Waals surface area (Å²) >= 11 is 0. The Labute approximate surface area is 213 Å². The third-order valence-corrected chi connectivity index (χ3v) is 7.12. The second-order valence-electron chi connectivity index (χ2n) is 9.67. The topological polar surface area (TPSA) is 81.2 Å². The zero-order chi connectivity index (χ0) is 24.9. The minimum Gasteiger partial charge on any atom is -0.494 e. The Morgan fingerprint density at radius 1 is 1.17 bits per heavy atom. The predicted molar refractivity (Wildman–Crippen MR) is 141 cm³/mol. The predicted octanol–water partition coefficient (Wildman–Crippen LogP) is 4.17. The number of nitrogens with zero attached hydrogens (tertiary/aromatic N) is 3. The molecule has 0 radical (unpaired) electrons. The zero-order valence-electron chi connectivity index (χ0n) is 21.1. The molecule has 2 aromatic carbocycles. The van der Waals surface area contributed by atoms with Crippen molar-refractivity contribution in [2.45, 2.75) is 70.2 Å². The van der Waals surface area contributed by atoms with E-state index in [1.54, 1.807) is 0 Å². The lowest BCUT2D eigenvalue weighted by molar-refractivity contribution is -0.121. The molecule has 0 saturated carbocycles. The highest BCUT2D eigenvalue weighted by Gasteiger charge is 2.44. The molecule has 0 bridgehead atoms. The average Bonchev–Trinajstić information content (AvgIpc) is 3.53. The normalized spacial score (nSPS) is 22.9. The van der Waals surface area contributed by atoms with Gasteiger partial charge >= 0.3 is 0 Å². The fourth-order valence-electron chi connectivity index (χ4n) is 5.02. The van der Waals surface area contributed by atoms with Crippen LogP contribution in [0.15, 0.2) is 72.1 Å². The van der Waals surface area contributed by atoms with Crippen LogP contribution in [-0.2, 0) is 4.79 Å². The minimum atomic E-state index is -0.0167. The van der Waals surface area contributed by atoms with Crippen molar-refractivity contribution < 1.29 is 9.53 Å². The van der Waals surface area contributed by atoms with Crippen molar-refractivity contribution in [1.29, 1.82) is 0 Å². The minimum absolute atomic E-state index is 0.0167. The molecule has 1 amide bonds. The van der Waals surface area contributed by atoms with Gasteiger partial charge in [0.05, 0.1) is 24.7 Å². The summed E-state index contributed by atoms with van der Waals surface area (Å²) in [6, 6.07) is 18.9. The highest BCUT2D eigenvalue weighted by atomic mass is 16.5. The van der Waals surface area contributed by atoms with E-state index in [0.717, 1.165) is 43.0 Å². The molecule has 3 N–H and O–H groups in total. The van der Waals surface area contributed by atoms with Crippen LogP contribution < -0.4 is 20.9 Å². The van der Waals surface area contributed by atoms with Gasteiger partial charge < -0.3 is 20.0 Å².